The van der Waals surface area contributed by atoms with Gasteiger partial charge in [-0.25, -0.2) is 0 Å². The highest BCUT2D eigenvalue weighted by molar-refractivity contribution is 6.15. The molecule has 0 fully saturated rings. The number of rotatable bonds is 9. The number of aliphatic hydroxyl groups is 1. The maximum Gasteiger partial charge on any atom is 0.161 e. The summed E-state index contributed by atoms with van der Waals surface area (Å²) in [7, 11) is 1.64. The molecule has 0 aliphatic carbocycles. The van der Waals surface area contributed by atoms with Crippen LogP contribution in [-0.4, -0.2) is 48.9 Å². The van der Waals surface area contributed by atoms with Gasteiger partial charge in [0.25, 0.3) is 0 Å². The minimum Gasteiger partial charge on any atom is -0.493 e. The number of fused-ring (bicyclic) bond motifs is 1. The summed E-state index contributed by atoms with van der Waals surface area (Å²) in [5.74, 6) is 2.78. The quantitative estimate of drug-likeness (QED) is 0.605. The molecule has 0 radical (unpaired) electrons. The van der Waals surface area contributed by atoms with Gasteiger partial charge in [0.1, 0.15) is 11.5 Å². The lowest BCUT2D eigenvalue weighted by atomic mass is 9.89. The van der Waals surface area contributed by atoms with Gasteiger partial charge >= 0.3 is 0 Å². The van der Waals surface area contributed by atoms with E-state index in [4.69, 9.17) is 23.9 Å². The Labute approximate surface area is 191 Å². The zero-order valence-corrected chi connectivity index (χ0v) is 20.1. The molecule has 0 saturated heterocycles. The van der Waals surface area contributed by atoms with E-state index in [1.807, 2.05) is 71.9 Å². The largest absolute Gasteiger partial charge is 0.493 e. The third-order valence-electron chi connectivity index (χ3n) is 4.88. The van der Waals surface area contributed by atoms with E-state index < -0.39 is 0 Å². The van der Waals surface area contributed by atoms with Crippen LogP contribution in [0.3, 0.4) is 0 Å². The molecule has 0 bridgehead atoms. The number of hydrogen-bond donors (Lipinski definition) is 1. The van der Waals surface area contributed by atoms with Gasteiger partial charge in [-0.1, -0.05) is 0 Å². The Hall–Kier alpha value is -2.73. The number of ether oxygens (including phenoxy) is 4. The molecule has 6 heteroatoms. The van der Waals surface area contributed by atoms with Crippen molar-refractivity contribution in [3.63, 3.8) is 0 Å². The number of methoxy groups -OCH3 is 1. The van der Waals surface area contributed by atoms with Crippen LogP contribution in [0.25, 0.3) is 0 Å². The SMILES string of the molecule is COc1cc2c(cc1OC(C)C)C[C@@H](CO)N=C2c1cc(OC(C)C)cc(OC(C)C)c1. The first-order valence-corrected chi connectivity index (χ1v) is 11.3. The first-order chi connectivity index (χ1) is 15.2. The highest BCUT2D eigenvalue weighted by Gasteiger charge is 2.25. The van der Waals surface area contributed by atoms with Crippen molar-refractivity contribution in [2.45, 2.75) is 72.3 Å². The van der Waals surface area contributed by atoms with Crippen molar-refractivity contribution in [2.24, 2.45) is 4.99 Å². The second-order valence-electron chi connectivity index (χ2n) is 8.87. The summed E-state index contributed by atoms with van der Waals surface area (Å²) in [5.41, 5.74) is 3.67. The Morgan fingerprint density at radius 1 is 0.844 bits per heavy atom. The fourth-order valence-corrected chi connectivity index (χ4v) is 3.77. The van der Waals surface area contributed by atoms with E-state index in [0.717, 1.165) is 33.9 Å². The van der Waals surface area contributed by atoms with E-state index in [9.17, 15) is 5.11 Å². The zero-order chi connectivity index (χ0) is 23.4. The maximum atomic E-state index is 9.93. The average molecular weight is 442 g/mol. The topological polar surface area (TPSA) is 69.5 Å². The van der Waals surface area contributed by atoms with Gasteiger partial charge in [-0.3, -0.25) is 4.99 Å². The zero-order valence-electron chi connectivity index (χ0n) is 20.1. The Morgan fingerprint density at radius 3 is 1.94 bits per heavy atom. The number of hydrogen-bond acceptors (Lipinski definition) is 6. The van der Waals surface area contributed by atoms with Crippen LogP contribution in [0.4, 0.5) is 0 Å². The van der Waals surface area contributed by atoms with Gasteiger partial charge in [0.05, 0.1) is 43.8 Å². The van der Waals surface area contributed by atoms with Gasteiger partial charge in [0.15, 0.2) is 11.5 Å². The van der Waals surface area contributed by atoms with E-state index in [-0.39, 0.29) is 31.0 Å². The average Bonchev–Trinajstić information content (AvgIpc) is 2.70. The van der Waals surface area contributed by atoms with Gasteiger partial charge in [0, 0.05) is 17.2 Å². The van der Waals surface area contributed by atoms with Crippen LogP contribution in [0.5, 0.6) is 23.0 Å². The molecule has 0 unspecified atom stereocenters. The van der Waals surface area contributed by atoms with Gasteiger partial charge in [0.2, 0.25) is 0 Å². The van der Waals surface area contributed by atoms with Crippen LogP contribution in [0.1, 0.15) is 58.2 Å². The molecule has 2 aromatic carbocycles. The molecule has 32 heavy (non-hydrogen) atoms. The second-order valence-corrected chi connectivity index (χ2v) is 8.87. The summed E-state index contributed by atoms with van der Waals surface area (Å²) in [6, 6.07) is 9.59. The molecule has 6 nitrogen and oxygen atoms in total. The number of aliphatic imine (C=N–C) groups is 1. The van der Waals surface area contributed by atoms with Crippen molar-refractivity contribution in [3.8, 4) is 23.0 Å². The molecule has 174 valence electrons. The van der Waals surface area contributed by atoms with Crippen LogP contribution in [0.15, 0.2) is 35.3 Å². The monoisotopic (exact) mass is 441 g/mol. The molecule has 0 amide bonds. The summed E-state index contributed by atoms with van der Waals surface area (Å²) >= 11 is 0. The van der Waals surface area contributed by atoms with E-state index in [2.05, 4.69) is 0 Å². The third-order valence-corrected chi connectivity index (χ3v) is 4.88. The van der Waals surface area contributed by atoms with Crippen molar-refractivity contribution in [3.05, 3.63) is 47.0 Å². The summed E-state index contributed by atoms with van der Waals surface area (Å²) in [6.45, 7) is 11.9. The number of nitrogens with zero attached hydrogens (tertiary/aromatic N) is 1. The van der Waals surface area contributed by atoms with Gasteiger partial charge < -0.3 is 24.1 Å². The molecule has 3 rings (SSSR count). The van der Waals surface area contributed by atoms with Gasteiger partial charge in [-0.05, 0) is 77.8 Å². The Balaban J connectivity index is 2.15. The first-order valence-electron chi connectivity index (χ1n) is 11.3. The van der Waals surface area contributed by atoms with Crippen molar-refractivity contribution in [1.82, 2.24) is 0 Å². The minimum absolute atomic E-state index is 0.0212. The predicted octanol–water partition coefficient (Wildman–Crippen LogP) is 4.81. The molecule has 0 aromatic heterocycles. The van der Waals surface area contributed by atoms with Crippen molar-refractivity contribution < 1.29 is 24.1 Å². The lowest BCUT2D eigenvalue weighted by Gasteiger charge is -2.25. The summed E-state index contributed by atoms with van der Waals surface area (Å²) in [6.07, 6.45) is 0.705. The van der Waals surface area contributed by atoms with Crippen LogP contribution in [0, 0.1) is 0 Å². The maximum absolute atomic E-state index is 9.93. The molecule has 1 heterocycles. The van der Waals surface area contributed by atoms with Crippen LogP contribution in [-0.2, 0) is 6.42 Å². The summed E-state index contributed by atoms with van der Waals surface area (Å²) in [5, 5.41) is 9.93. The third kappa shape index (κ3) is 5.74. The Kier molecular flexibility index (Phi) is 7.67. The first kappa shape index (κ1) is 23.9. The number of benzene rings is 2. The van der Waals surface area contributed by atoms with Crippen LogP contribution < -0.4 is 18.9 Å². The smallest absolute Gasteiger partial charge is 0.161 e. The Bertz CT molecular complexity index is 937. The van der Waals surface area contributed by atoms with E-state index in [1.165, 1.54) is 0 Å². The highest BCUT2D eigenvalue weighted by atomic mass is 16.5. The molecule has 0 saturated carbocycles. The van der Waals surface area contributed by atoms with Gasteiger partial charge in [-0.15, -0.1) is 0 Å². The molecule has 1 N–H and O–H groups in total. The standard InChI is InChI=1S/C26H35NO5/c1-15(2)30-21-9-19(10-22(12-21)31-16(3)4)26-23-13-24(29-7)25(32-17(5)6)11-18(23)8-20(14-28)27-26/h9-13,15-17,20,28H,8,14H2,1-7H3/t20-/m0/s1. The number of aliphatic hydroxyl groups excluding tert-OH is 1. The lowest BCUT2D eigenvalue weighted by Crippen LogP contribution is -2.25. The molecular formula is C26H35NO5. The molecule has 1 aliphatic rings. The van der Waals surface area contributed by atoms with Crippen LogP contribution >= 0.6 is 0 Å². The molecule has 0 spiro atoms. The normalized spacial score (nSPS) is 15.6. The van der Waals surface area contributed by atoms with E-state index >= 15 is 0 Å². The molecule has 1 atom stereocenters. The molecule has 2 aromatic rings. The van der Waals surface area contributed by atoms with Crippen molar-refractivity contribution >= 4 is 5.71 Å². The second kappa shape index (κ2) is 10.3. The molecule has 1 aliphatic heterocycles. The fourth-order valence-electron chi connectivity index (χ4n) is 3.77. The highest BCUT2D eigenvalue weighted by Crippen LogP contribution is 2.37. The van der Waals surface area contributed by atoms with E-state index in [1.54, 1.807) is 7.11 Å². The minimum atomic E-state index is -0.234. The van der Waals surface area contributed by atoms with Crippen molar-refractivity contribution in [2.75, 3.05) is 13.7 Å². The summed E-state index contributed by atoms with van der Waals surface area (Å²) < 4.78 is 23.6. The Morgan fingerprint density at radius 2 is 1.44 bits per heavy atom. The fraction of sp³-hybridized carbons (Fsp3) is 0.500. The lowest BCUT2D eigenvalue weighted by molar-refractivity contribution is 0.228. The summed E-state index contributed by atoms with van der Waals surface area (Å²) in [4.78, 5) is 4.88. The van der Waals surface area contributed by atoms with Gasteiger partial charge in [-0.2, -0.15) is 0 Å². The predicted molar refractivity (Wildman–Crippen MR) is 127 cm³/mol. The van der Waals surface area contributed by atoms with Crippen LogP contribution in [0.2, 0.25) is 0 Å². The van der Waals surface area contributed by atoms with Crippen molar-refractivity contribution in [1.29, 1.82) is 0 Å². The molecular weight excluding hydrogens is 406 g/mol. The van der Waals surface area contributed by atoms with E-state index in [0.29, 0.717) is 17.9 Å².